The summed E-state index contributed by atoms with van der Waals surface area (Å²) in [4.78, 5) is 15.7. The Labute approximate surface area is 145 Å². The molecular formula is C20H30N2O2. The van der Waals surface area contributed by atoms with Crippen LogP contribution in [0.3, 0.4) is 0 Å². The smallest absolute Gasteiger partial charge is 0.220 e. The van der Waals surface area contributed by atoms with Crippen molar-refractivity contribution in [3.63, 3.8) is 0 Å². The summed E-state index contributed by atoms with van der Waals surface area (Å²) in [6, 6.07) is 6.44. The van der Waals surface area contributed by atoms with Crippen LogP contribution in [0.1, 0.15) is 50.7 Å². The highest BCUT2D eigenvalue weighted by Gasteiger charge is 2.21. The molecule has 1 aromatic heterocycles. The maximum atomic E-state index is 12.3. The lowest BCUT2D eigenvalue weighted by molar-refractivity contribution is -0.121. The second-order valence-corrected chi connectivity index (χ2v) is 6.81. The highest BCUT2D eigenvalue weighted by molar-refractivity contribution is 5.87. The summed E-state index contributed by atoms with van der Waals surface area (Å²) < 4.78 is 5.00. The second kappa shape index (κ2) is 8.88. The number of hydrogen-bond acceptors (Lipinski definition) is 2. The Morgan fingerprint density at radius 3 is 2.79 bits per heavy atom. The van der Waals surface area contributed by atoms with Gasteiger partial charge in [0.05, 0.1) is 6.61 Å². The summed E-state index contributed by atoms with van der Waals surface area (Å²) in [7, 11) is 1.64. The number of ether oxygens (including phenoxy) is 1. The van der Waals surface area contributed by atoms with Gasteiger partial charge in [0.15, 0.2) is 0 Å². The second-order valence-electron chi connectivity index (χ2n) is 6.81. The van der Waals surface area contributed by atoms with Gasteiger partial charge in [0, 0.05) is 37.2 Å². The minimum Gasteiger partial charge on any atom is -0.383 e. The van der Waals surface area contributed by atoms with Gasteiger partial charge in [0.1, 0.15) is 0 Å². The third kappa shape index (κ3) is 4.60. The summed E-state index contributed by atoms with van der Waals surface area (Å²) in [6.07, 6.45) is 4.62. The highest BCUT2D eigenvalue weighted by atomic mass is 16.5. The van der Waals surface area contributed by atoms with E-state index >= 15 is 0 Å². The average Bonchev–Trinajstić information content (AvgIpc) is 2.98. The largest absolute Gasteiger partial charge is 0.383 e. The molecule has 0 bridgehead atoms. The number of hydrogen-bond donors (Lipinski definition) is 2. The van der Waals surface area contributed by atoms with Crippen molar-refractivity contribution in [2.75, 3.05) is 20.3 Å². The molecule has 0 saturated heterocycles. The number of methoxy groups -OCH3 is 1. The molecule has 4 heteroatoms. The highest BCUT2D eigenvalue weighted by Crippen LogP contribution is 2.33. The zero-order chi connectivity index (χ0) is 17.5. The molecule has 132 valence electrons. The number of para-hydroxylation sites is 1. The van der Waals surface area contributed by atoms with Crippen LogP contribution in [0.5, 0.6) is 0 Å². The lowest BCUT2D eigenvalue weighted by Crippen LogP contribution is -2.28. The van der Waals surface area contributed by atoms with E-state index in [1.54, 1.807) is 7.11 Å². The van der Waals surface area contributed by atoms with Crippen LogP contribution in [0.15, 0.2) is 24.4 Å². The normalized spacial score (nSPS) is 12.7. The molecule has 0 spiro atoms. The summed E-state index contributed by atoms with van der Waals surface area (Å²) in [5.74, 6) is 0.869. The van der Waals surface area contributed by atoms with Crippen LogP contribution in [-0.4, -0.2) is 31.2 Å². The molecule has 4 nitrogen and oxygen atoms in total. The zero-order valence-electron chi connectivity index (χ0n) is 15.3. The Hall–Kier alpha value is -1.81. The summed E-state index contributed by atoms with van der Waals surface area (Å²) in [5.41, 5.74) is 3.80. The van der Waals surface area contributed by atoms with Crippen molar-refractivity contribution in [1.29, 1.82) is 0 Å². The quantitative estimate of drug-likeness (QED) is 0.683. The maximum absolute atomic E-state index is 12.3. The molecule has 1 aromatic carbocycles. The fraction of sp³-hybridized carbons (Fsp3) is 0.550. The summed E-state index contributed by atoms with van der Waals surface area (Å²) >= 11 is 0. The summed E-state index contributed by atoms with van der Waals surface area (Å²) in [5, 5.41) is 4.20. The van der Waals surface area contributed by atoms with Crippen LogP contribution >= 0.6 is 0 Å². The van der Waals surface area contributed by atoms with Gasteiger partial charge in [-0.05, 0) is 35.8 Å². The van der Waals surface area contributed by atoms with Gasteiger partial charge >= 0.3 is 0 Å². The van der Waals surface area contributed by atoms with E-state index < -0.39 is 0 Å². The van der Waals surface area contributed by atoms with Crippen LogP contribution in [-0.2, 0) is 16.0 Å². The van der Waals surface area contributed by atoms with Crippen molar-refractivity contribution in [3.05, 3.63) is 35.5 Å². The van der Waals surface area contributed by atoms with E-state index in [4.69, 9.17) is 4.74 Å². The lowest BCUT2D eigenvalue weighted by Gasteiger charge is -2.18. The molecule has 2 N–H and O–H groups in total. The first-order valence-electron chi connectivity index (χ1n) is 8.91. The molecule has 24 heavy (non-hydrogen) atoms. The molecule has 2 rings (SSSR count). The van der Waals surface area contributed by atoms with E-state index in [1.807, 2.05) is 0 Å². The van der Waals surface area contributed by atoms with Gasteiger partial charge in [-0.2, -0.15) is 0 Å². The van der Waals surface area contributed by atoms with Crippen molar-refractivity contribution >= 4 is 16.8 Å². The van der Waals surface area contributed by atoms with Gasteiger partial charge < -0.3 is 15.0 Å². The third-order valence-electron chi connectivity index (χ3n) is 4.47. The molecule has 0 radical (unpaired) electrons. The number of aromatic amines is 1. The van der Waals surface area contributed by atoms with E-state index in [-0.39, 0.29) is 11.8 Å². The molecule has 1 atom stereocenters. The van der Waals surface area contributed by atoms with Crippen molar-refractivity contribution in [1.82, 2.24) is 10.3 Å². The molecule has 1 amide bonds. The minimum absolute atomic E-state index is 0.0960. The molecular weight excluding hydrogens is 300 g/mol. The Kier molecular flexibility index (Phi) is 6.85. The first-order valence-corrected chi connectivity index (χ1v) is 8.91. The fourth-order valence-electron chi connectivity index (χ4n) is 3.35. The average molecular weight is 330 g/mol. The number of aromatic nitrogens is 1. The molecule has 1 unspecified atom stereocenters. The minimum atomic E-state index is 0.0960. The summed E-state index contributed by atoms with van der Waals surface area (Å²) in [6.45, 7) is 7.71. The van der Waals surface area contributed by atoms with Crippen molar-refractivity contribution in [2.45, 2.75) is 46.0 Å². The van der Waals surface area contributed by atoms with E-state index in [0.717, 1.165) is 12.8 Å². The van der Waals surface area contributed by atoms with Gasteiger partial charge in [-0.25, -0.2) is 0 Å². The molecule has 0 aliphatic heterocycles. The number of benzene rings is 1. The number of carbonyl (C=O) groups excluding carboxylic acids is 1. The van der Waals surface area contributed by atoms with Crippen LogP contribution in [0.25, 0.3) is 10.9 Å². The fourth-order valence-corrected chi connectivity index (χ4v) is 3.35. The van der Waals surface area contributed by atoms with Crippen LogP contribution < -0.4 is 5.32 Å². The van der Waals surface area contributed by atoms with Crippen molar-refractivity contribution in [2.24, 2.45) is 5.92 Å². The van der Waals surface area contributed by atoms with Crippen LogP contribution in [0, 0.1) is 5.92 Å². The van der Waals surface area contributed by atoms with Crippen molar-refractivity contribution < 1.29 is 9.53 Å². The van der Waals surface area contributed by atoms with E-state index in [9.17, 15) is 4.79 Å². The zero-order valence-corrected chi connectivity index (χ0v) is 15.3. The lowest BCUT2D eigenvalue weighted by atomic mass is 9.87. The number of nitrogens with one attached hydrogen (secondary N) is 2. The van der Waals surface area contributed by atoms with E-state index in [1.165, 1.54) is 22.0 Å². The van der Waals surface area contributed by atoms with Gasteiger partial charge in [-0.15, -0.1) is 0 Å². The van der Waals surface area contributed by atoms with E-state index in [0.29, 0.717) is 25.5 Å². The Morgan fingerprint density at radius 1 is 1.33 bits per heavy atom. The molecule has 0 saturated carbocycles. The number of carbonyl (C=O) groups is 1. The topological polar surface area (TPSA) is 54.1 Å². The van der Waals surface area contributed by atoms with Gasteiger partial charge in [0.2, 0.25) is 5.91 Å². The van der Waals surface area contributed by atoms with Gasteiger partial charge in [-0.1, -0.05) is 39.0 Å². The standard InChI is InChI=1S/C20H30N2O2/c1-5-15-7-6-8-17-18(13-22-20(15)17)16(11-14(2)3)12-19(23)21-9-10-24-4/h6-8,13-14,16,22H,5,9-12H2,1-4H3,(H,21,23). The predicted octanol–water partition coefficient (Wildman–Crippen LogP) is 4.01. The van der Waals surface area contributed by atoms with Gasteiger partial charge in [0.25, 0.3) is 0 Å². The number of amides is 1. The molecule has 2 aromatic rings. The number of H-pyrrole nitrogens is 1. The van der Waals surface area contributed by atoms with E-state index in [2.05, 4.69) is 55.5 Å². The molecule has 1 heterocycles. The number of aryl methyl sites for hydroxylation is 1. The Bertz CT molecular complexity index is 661. The van der Waals surface area contributed by atoms with Crippen molar-refractivity contribution in [3.8, 4) is 0 Å². The molecule has 0 aliphatic rings. The number of fused-ring (bicyclic) bond motifs is 1. The van der Waals surface area contributed by atoms with Gasteiger partial charge in [-0.3, -0.25) is 4.79 Å². The maximum Gasteiger partial charge on any atom is 0.220 e. The Balaban J connectivity index is 2.23. The monoisotopic (exact) mass is 330 g/mol. The molecule has 0 aliphatic carbocycles. The first-order chi connectivity index (χ1) is 11.6. The first kappa shape index (κ1) is 18.5. The predicted molar refractivity (Wildman–Crippen MR) is 99.4 cm³/mol. The van der Waals surface area contributed by atoms with Crippen LogP contribution in [0.2, 0.25) is 0 Å². The van der Waals surface area contributed by atoms with Crippen LogP contribution in [0.4, 0.5) is 0 Å². The third-order valence-corrected chi connectivity index (χ3v) is 4.47. The Morgan fingerprint density at radius 2 is 2.12 bits per heavy atom. The SMILES string of the molecule is CCc1cccc2c(C(CC(=O)NCCOC)CC(C)C)c[nH]c12. The molecule has 0 fully saturated rings. The number of rotatable bonds is 9.